The van der Waals surface area contributed by atoms with Gasteiger partial charge in [-0.3, -0.25) is 0 Å². The number of anilines is 1. The average molecular weight is 293 g/mol. The monoisotopic (exact) mass is 292 g/mol. The van der Waals surface area contributed by atoms with Crippen molar-refractivity contribution in [1.82, 2.24) is 24.7 Å². The van der Waals surface area contributed by atoms with E-state index in [-0.39, 0.29) is 5.28 Å². The maximum absolute atomic E-state index is 6.04. The number of rotatable bonds is 6. The molecule has 2 aromatic rings. The first kappa shape index (κ1) is 13.3. The molecule has 0 spiro atoms. The SMILES string of the molecule is CCCCN(c1nc(Cl)nc(-n2cccn2)n1)C1CC1. The smallest absolute Gasteiger partial charge is 0.256 e. The zero-order valence-corrected chi connectivity index (χ0v) is 12.2. The number of hydrogen-bond acceptors (Lipinski definition) is 5. The molecule has 7 heteroatoms. The van der Waals surface area contributed by atoms with E-state index in [2.05, 4.69) is 31.9 Å². The summed E-state index contributed by atoms with van der Waals surface area (Å²) >= 11 is 6.04. The van der Waals surface area contributed by atoms with Crippen molar-refractivity contribution >= 4 is 17.5 Å². The van der Waals surface area contributed by atoms with E-state index in [0.29, 0.717) is 17.9 Å². The van der Waals surface area contributed by atoms with Crippen LogP contribution in [-0.4, -0.2) is 37.3 Å². The molecule has 3 rings (SSSR count). The molecule has 20 heavy (non-hydrogen) atoms. The predicted molar refractivity (Wildman–Crippen MR) is 77.2 cm³/mol. The lowest BCUT2D eigenvalue weighted by molar-refractivity contribution is 0.684. The molecule has 0 amide bonds. The quantitative estimate of drug-likeness (QED) is 0.818. The maximum Gasteiger partial charge on any atom is 0.256 e. The average Bonchev–Trinajstić information content (AvgIpc) is 3.12. The topological polar surface area (TPSA) is 59.7 Å². The summed E-state index contributed by atoms with van der Waals surface area (Å²) in [4.78, 5) is 15.2. The molecule has 6 nitrogen and oxygen atoms in total. The Bertz CT molecular complexity index is 566. The van der Waals surface area contributed by atoms with Crippen LogP contribution in [0.3, 0.4) is 0 Å². The minimum atomic E-state index is 0.211. The van der Waals surface area contributed by atoms with Crippen molar-refractivity contribution < 1.29 is 0 Å². The fourth-order valence-electron chi connectivity index (χ4n) is 2.11. The highest BCUT2D eigenvalue weighted by Gasteiger charge is 2.31. The molecule has 0 unspecified atom stereocenters. The second kappa shape index (κ2) is 5.75. The molecule has 1 aliphatic carbocycles. The van der Waals surface area contributed by atoms with Gasteiger partial charge in [-0.15, -0.1) is 0 Å². The van der Waals surface area contributed by atoms with E-state index in [4.69, 9.17) is 11.6 Å². The summed E-state index contributed by atoms with van der Waals surface area (Å²) in [5.74, 6) is 1.12. The molecular weight excluding hydrogens is 276 g/mol. The van der Waals surface area contributed by atoms with Crippen LogP contribution in [0.4, 0.5) is 5.95 Å². The van der Waals surface area contributed by atoms with Gasteiger partial charge in [-0.2, -0.15) is 20.1 Å². The molecule has 0 atom stereocenters. The minimum absolute atomic E-state index is 0.211. The normalized spacial score (nSPS) is 14.5. The summed E-state index contributed by atoms with van der Waals surface area (Å²) in [6, 6.07) is 2.37. The third-order valence-electron chi connectivity index (χ3n) is 3.29. The van der Waals surface area contributed by atoms with Crippen LogP contribution in [0.1, 0.15) is 32.6 Å². The Hall–Kier alpha value is -1.69. The summed E-state index contributed by atoms with van der Waals surface area (Å²) < 4.78 is 1.60. The highest BCUT2D eigenvalue weighted by molar-refractivity contribution is 6.28. The summed E-state index contributed by atoms with van der Waals surface area (Å²) in [6.45, 7) is 3.14. The molecule has 1 fully saturated rings. The van der Waals surface area contributed by atoms with Crippen molar-refractivity contribution in [2.75, 3.05) is 11.4 Å². The summed E-state index contributed by atoms with van der Waals surface area (Å²) in [7, 11) is 0. The summed E-state index contributed by atoms with van der Waals surface area (Å²) in [6.07, 6.45) is 8.15. The number of unbranched alkanes of at least 4 members (excludes halogenated alkanes) is 1. The molecule has 0 aliphatic heterocycles. The van der Waals surface area contributed by atoms with Crippen molar-refractivity contribution in [3.63, 3.8) is 0 Å². The van der Waals surface area contributed by atoms with Crippen molar-refractivity contribution in [1.29, 1.82) is 0 Å². The van der Waals surface area contributed by atoms with Gasteiger partial charge in [0.15, 0.2) is 0 Å². The second-order valence-electron chi connectivity index (χ2n) is 4.93. The first-order valence-electron chi connectivity index (χ1n) is 6.96. The molecular formula is C13H17ClN6. The van der Waals surface area contributed by atoms with Crippen LogP contribution in [0.15, 0.2) is 18.5 Å². The fourth-order valence-corrected chi connectivity index (χ4v) is 2.26. The van der Waals surface area contributed by atoms with Gasteiger partial charge in [0.05, 0.1) is 0 Å². The largest absolute Gasteiger partial charge is 0.338 e. The van der Waals surface area contributed by atoms with E-state index in [1.807, 2.05) is 6.07 Å². The van der Waals surface area contributed by atoms with E-state index in [1.165, 1.54) is 12.8 Å². The second-order valence-corrected chi connectivity index (χ2v) is 5.27. The molecule has 2 aromatic heterocycles. The highest BCUT2D eigenvalue weighted by Crippen LogP contribution is 2.30. The van der Waals surface area contributed by atoms with Gasteiger partial charge in [-0.25, -0.2) is 4.68 Å². The summed E-state index contributed by atoms with van der Waals surface area (Å²) in [5, 5.41) is 4.35. The van der Waals surface area contributed by atoms with Gasteiger partial charge >= 0.3 is 0 Å². The van der Waals surface area contributed by atoms with Crippen LogP contribution >= 0.6 is 11.6 Å². The van der Waals surface area contributed by atoms with Gasteiger partial charge in [-0.05, 0) is 36.9 Å². The van der Waals surface area contributed by atoms with Crippen LogP contribution in [0, 0.1) is 0 Å². The Kier molecular flexibility index (Phi) is 3.82. The van der Waals surface area contributed by atoms with Crippen molar-refractivity contribution in [3.8, 4) is 5.95 Å². The first-order chi connectivity index (χ1) is 9.78. The van der Waals surface area contributed by atoms with Gasteiger partial charge in [0.25, 0.3) is 5.95 Å². The molecule has 0 aromatic carbocycles. The lowest BCUT2D eigenvalue weighted by Crippen LogP contribution is -2.29. The van der Waals surface area contributed by atoms with Crippen LogP contribution in [0.25, 0.3) is 5.95 Å². The van der Waals surface area contributed by atoms with E-state index >= 15 is 0 Å². The molecule has 106 valence electrons. The maximum atomic E-state index is 6.04. The molecule has 0 saturated heterocycles. The Morgan fingerprint density at radius 3 is 2.85 bits per heavy atom. The first-order valence-corrected chi connectivity index (χ1v) is 7.34. The summed E-state index contributed by atoms with van der Waals surface area (Å²) in [5.41, 5.74) is 0. The zero-order valence-electron chi connectivity index (χ0n) is 11.4. The molecule has 0 bridgehead atoms. The standard InChI is InChI=1S/C13H17ClN6/c1-2-3-8-19(10-5-6-10)12-16-11(14)17-13(18-12)20-9-4-7-15-20/h4,7,9-10H,2-3,5-6,8H2,1H3. The number of halogens is 1. The third kappa shape index (κ3) is 2.90. The Labute approximate surface area is 122 Å². The fraction of sp³-hybridized carbons (Fsp3) is 0.538. The van der Waals surface area contributed by atoms with Crippen LogP contribution in [0.5, 0.6) is 0 Å². The van der Waals surface area contributed by atoms with Crippen LogP contribution in [0.2, 0.25) is 5.28 Å². The van der Waals surface area contributed by atoms with E-state index in [1.54, 1.807) is 17.1 Å². The Balaban J connectivity index is 1.91. The van der Waals surface area contributed by atoms with E-state index < -0.39 is 0 Å². The molecule has 2 heterocycles. The van der Waals surface area contributed by atoms with Crippen LogP contribution < -0.4 is 4.90 Å². The van der Waals surface area contributed by atoms with Crippen molar-refractivity contribution in [2.45, 2.75) is 38.6 Å². The van der Waals surface area contributed by atoms with E-state index in [9.17, 15) is 0 Å². The molecule has 0 radical (unpaired) electrons. The number of aromatic nitrogens is 5. The molecule has 1 aliphatic rings. The predicted octanol–water partition coefficient (Wildman–Crippen LogP) is 2.48. The molecule has 0 N–H and O–H groups in total. The highest BCUT2D eigenvalue weighted by atomic mass is 35.5. The van der Waals surface area contributed by atoms with Gasteiger partial charge < -0.3 is 4.90 Å². The molecule has 1 saturated carbocycles. The van der Waals surface area contributed by atoms with Gasteiger partial charge in [-0.1, -0.05) is 13.3 Å². The lowest BCUT2D eigenvalue weighted by atomic mass is 10.3. The van der Waals surface area contributed by atoms with Crippen LogP contribution in [-0.2, 0) is 0 Å². The van der Waals surface area contributed by atoms with Gasteiger partial charge in [0.1, 0.15) is 0 Å². The Morgan fingerprint density at radius 1 is 1.35 bits per heavy atom. The van der Waals surface area contributed by atoms with Crippen molar-refractivity contribution in [3.05, 3.63) is 23.7 Å². The van der Waals surface area contributed by atoms with E-state index in [0.717, 1.165) is 19.4 Å². The van der Waals surface area contributed by atoms with Crippen molar-refractivity contribution in [2.24, 2.45) is 0 Å². The van der Waals surface area contributed by atoms with Gasteiger partial charge in [0, 0.05) is 25.0 Å². The third-order valence-corrected chi connectivity index (χ3v) is 3.46. The number of nitrogens with zero attached hydrogens (tertiary/aromatic N) is 6. The number of hydrogen-bond donors (Lipinski definition) is 0. The Morgan fingerprint density at radius 2 is 2.20 bits per heavy atom. The lowest BCUT2D eigenvalue weighted by Gasteiger charge is -2.22. The minimum Gasteiger partial charge on any atom is -0.338 e. The zero-order chi connectivity index (χ0) is 13.9. The van der Waals surface area contributed by atoms with Gasteiger partial charge in [0.2, 0.25) is 11.2 Å².